The van der Waals surface area contributed by atoms with Gasteiger partial charge in [-0.05, 0) is 19.9 Å². The number of aromatic nitrogens is 1. The summed E-state index contributed by atoms with van der Waals surface area (Å²) in [6.45, 7) is 3.62. The average molecular weight is 281 g/mol. The molecule has 0 radical (unpaired) electrons. The zero-order valence-electron chi connectivity index (χ0n) is 11.0. The second kappa shape index (κ2) is 5.28. The first-order valence-electron chi connectivity index (χ1n) is 5.84. The predicted octanol–water partition coefficient (Wildman–Crippen LogP) is 2.08. The normalized spacial score (nSPS) is 10.6. The van der Waals surface area contributed by atoms with E-state index < -0.39 is 17.5 Å². The molecule has 1 aromatic carbocycles. The number of hydrogen-bond acceptors (Lipinski definition) is 4. The molecule has 2 aromatic rings. The van der Waals surface area contributed by atoms with E-state index in [0.717, 1.165) is 17.7 Å². The van der Waals surface area contributed by atoms with E-state index in [1.54, 1.807) is 13.8 Å². The van der Waals surface area contributed by atoms with Gasteiger partial charge in [-0.1, -0.05) is 5.16 Å². The Morgan fingerprint density at radius 2 is 2.00 bits per heavy atom. The first-order valence-corrected chi connectivity index (χ1v) is 5.84. The molecule has 1 amide bonds. The summed E-state index contributed by atoms with van der Waals surface area (Å²) >= 11 is 0. The van der Waals surface area contributed by atoms with Crippen LogP contribution in [0.1, 0.15) is 27.4 Å². The third-order valence-corrected chi connectivity index (χ3v) is 2.94. The number of nitrogen functional groups attached to an aromatic ring is 1. The largest absolute Gasteiger partial charge is 0.398 e. The van der Waals surface area contributed by atoms with E-state index in [4.69, 9.17) is 10.3 Å². The van der Waals surface area contributed by atoms with Gasteiger partial charge in [0.1, 0.15) is 5.76 Å². The summed E-state index contributed by atoms with van der Waals surface area (Å²) in [5.41, 5.74) is 6.65. The number of halogens is 2. The van der Waals surface area contributed by atoms with Gasteiger partial charge in [-0.3, -0.25) is 4.79 Å². The maximum absolute atomic E-state index is 13.1. The van der Waals surface area contributed by atoms with Crippen molar-refractivity contribution < 1.29 is 18.1 Å². The lowest BCUT2D eigenvalue weighted by Crippen LogP contribution is -2.24. The van der Waals surface area contributed by atoms with Gasteiger partial charge in [0, 0.05) is 23.9 Å². The van der Waals surface area contributed by atoms with E-state index in [1.165, 1.54) is 0 Å². The molecule has 5 nitrogen and oxygen atoms in total. The average Bonchev–Trinajstić information content (AvgIpc) is 2.71. The third kappa shape index (κ3) is 2.61. The third-order valence-electron chi connectivity index (χ3n) is 2.94. The van der Waals surface area contributed by atoms with Gasteiger partial charge >= 0.3 is 0 Å². The summed E-state index contributed by atoms with van der Waals surface area (Å²) < 4.78 is 31.0. The Labute approximate surface area is 113 Å². The van der Waals surface area contributed by atoms with Crippen LogP contribution in [0.15, 0.2) is 16.7 Å². The van der Waals surface area contributed by atoms with Gasteiger partial charge in [-0.15, -0.1) is 0 Å². The molecule has 1 aromatic heterocycles. The highest BCUT2D eigenvalue weighted by Crippen LogP contribution is 2.17. The number of carbonyl (C=O) groups is 1. The van der Waals surface area contributed by atoms with Gasteiger partial charge in [0.05, 0.1) is 11.3 Å². The Kier molecular flexibility index (Phi) is 3.69. The lowest BCUT2D eigenvalue weighted by atomic mass is 10.1. The summed E-state index contributed by atoms with van der Waals surface area (Å²) in [5, 5.41) is 6.31. The van der Waals surface area contributed by atoms with E-state index in [1.807, 2.05) is 0 Å². The van der Waals surface area contributed by atoms with E-state index in [9.17, 15) is 13.6 Å². The van der Waals surface area contributed by atoms with E-state index >= 15 is 0 Å². The second-order valence-electron chi connectivity index (χ2n) is 4.34. The van der Waals surface area contributed by atoms with Crippen molar-refractivity contribution in [1.82, 2.24) is 10.5 Å². The van der Waals surface area contributed by atoms with Crippen molar-refractivity contribution in [2.75, 3.05) is 5.73 Å². The highest BCUT2D eigenvalue weighted by atomic mass is 19.2. The molecule has 0 saturated heterocycles. The quantitative estimate of drug-likeness (QED) is 0.844. The van der Waals surface area contributed by atoms with Crippen LogP contribution in [0, 0.1) is 25.5 Å². The summed E-state index contributed by atoms with van der Waals surface area (Å²) in [6.07, 6.45) is 0. The number of amides is 1. The number of hydrogen-bond donors (Lipinski definition) is 2. The van der Waals surface area contributed by atoms with Crippen molar-refractivity contribution in [2.24, 2.45) is 0 Å². The maximum atomic E-state index is 13.1. The standard InChI is InChI=1S/C13H13F2N3O2/c1-6-9(7(2)20-18-6)5-17-13(19)8-3-10(14)11(15)4-12(8)16/h3-4H,5,16H2,1-2H3,(H,17,19). The molecule has 20 heavy (non-hydrogen) atoms. The van der Waals surface area contributed by atoms with Crippen LogP contribution in [-0.2, 0) is 6.54 Å². The van der Waals surface area contributed by atoms with Crippen LogP contribution in [0.2, 0.25) is 0 Å². The van der Waals surface area contributed by atoms with Crippen LogP contribution in [0.4, 0.5) is 14.5 Å². The molecule has 0 fully saturated rings. The molecule has 2 rings (SSSR count). The molecule has 1 heterocycles. The number of anilines is 1. The lowest BCUT2D eigenvalue weighted by molar-refractivity contribution is 0.0951. The van der Waals surface area contributed by atoms with Crippen LogP contribution in [0.5, 0.6) is 0 Å². The van der Waals surface area contributed by atoms with Crippen LogP contribution in [0.3, 0.4) is 0 Å². The number of nitrogens with zero attached hydrogens (tertiary/aromatic N) is 1. The zero-order valence-corrected chi connectivity index (χ0v) is 11.0. The minimum absolute atomic E-state index is 0.115. The predicted molar refractivity (Wildman–Crippen MR) is 67.9 cm³/mol. The smallest absolute Gasteiger partial charge is 0.253 e. The van der Waals surface area contributed by atoms with Crippen molar-refractivity contribution in [1.29, 1.82) is 0 Å². The Morgan fingerprint density at radius 3 is 2.60 bits per heavy atom. The number of nitrogens with two attached hydrogens (primary N) is 1. The first kappa shape index (κ1) is 14.0. The maximum Gasteiger partial charge on any atom is 0.253 e. The highest BCUT2D eigenvalue weighted by molar-refractivity contribution is 5.99. The molecule has 106 valence electrons. The lowest BCUT2D eigenvalue weighted by Gasteiger charge is -2.08. The van der Waals surface area contributed by atoms with Crippen LogP contribution in [0.25, 0.3) is 0 Å². The van der Waals surface area contributed by atoms with Crippen molar-refractivity contribution in [3.63, 3.8) is 0 Å². The van der Waals surface area contributed by atoms with E-state index in [0.29, 0.717) is 11.5 Å². The second-order valence-corrected chi connectivity index (χ2v) is 4.34. The molecule has 0 aliphatic heterocycles. The number of nitrogens with one attached hydrogen (secondary N) is 1. The number of carbonyl (C=O) groups excluding carboxylic acids is 1. The Balaban J connectivity index is 2.15. The van der Waals surface area contributed by atoms with E-state index in [-0.39, 0.29) is 17.8 Å². The Morgan fingerprint density at radius 1 is 1.35 bits per heavy atom. The van der Waals surface area contributed by atoms with Gasteiger partial charge in [0.2, 0.25) is 0 Å². The number of benzene rings is 1. The minimum Gasteiger partial charge on any atom is -0.398 e. The molecular formula is C13H13F2N3O2. The molecular weight excluding hydrogens is 268 g/mol. The molecule has 0 atom stereocenters. The SMILES string of the molecule is Cc1noc(C)c1CNC(=O)c1cc(F)c(F)cc1N. The van der Waals surface area contributed by atoms with Gasteiger partial charge < -0.3 is 15.6 Å². The summed E-state index contributed by atoms with van der Waals surface area (Å²) in [5.74, 6) is -2.23. The van der Waals surface area contributed by atoms with Crippen LogP contribution >= 0.6 is 0 Å². The number of rotatable bonds is 3. The summed E-state index contributed by atoms with van der Waals surface area (Å²) in [7, 11) is 0. The van der Waals surface area contributed by atoms with Gasteiger partial charge in [0.25, 0.3) is 5.91 Å². The molecule has 0 saturated carbocycles. The van der Waals surface area contributed by atoms with Crippen LogP contribution < -0.4 is 11.1 Å². The topological polar surface area (TPSA) is 81.2 Å². The summed E-state index contributed by atoms with van der Waals surface area (Å²) in [6, 6.07) is 1.55. The fraction of sp³-hybridized carbons (Fsp3) is 0.231. The van der Waals surface area contributed by atoms with Crippen molar-refractivity contribution in [3.8, 4) is 0 Å². The van der Waals surface area contributed by atoms with Crippen molar-refractivity contribution in [2.45, 2.75) is 20.4 Å². The minimum atomic E-state index is -1.12. The fourth-order valence-corrected chi connectivity index (χ4v) is 1.78. The van der Waals surface area contributed by atoms with E-state index in [2.05, 4.69) is 10.5 Å². The first-order chi connectivity index (χ1) is 9.40. The van der Waals surface area contributed by atoms with Crippen LogP contribution in [-0.4, -0.2) is 11.1 Å². The zero-order chi connectivity index (χ0) is 14.9. The Hall–Kier alpha value is -2.44. The van der Waals surface area contributed by atoms with Gasteiger partial charge in [-0.2, -0.15) is 0 Å². The van der Waals surface area contributed by atoms with Gasteiger partial charge in [-0.25, -0.2) is 8.78 Å². The number of aryl methyl sites for hydroxylation is 2. The molecule has 0 bridgehead atoms. The van der Waals surface area contributed by atoms with Crippen molar-refractivity contribution >= 4 is 11.6 Å². The molecule has 3 N–H and O–H groups in total. The monoisotopic (exact) mass is 281 g/mol. The van der Waals surface area contributed by atoms with Gasteiger partial charge in [0.15, 0.2) is 11.6 Å². The highest BCUT2D eigenvalue weighted by Gasteiger charge is 2.16. The molecule has 0 unspecified atom stereocenters. The molecule has 0 aliphatic carbocycles. The van der Waals surface area contributed by atoms with Crippen molar-refractivity contribution in [3.05, 3.63) is 46.3 Å². The molecule has 7 heteroatoms. The fourth-order valence-electron chi connectivity index (χ4n) is 1.78. The summed E-state index contributed by atoms with van der Waals surface area (Å²) in [4.78, 5) is 11.9. The Bertz CT molecular complexity index is 648. The molecule has 0 spiro atoms. The molecule has 0 aliphatic rings.